The number of nitrogens with one attached hydrogen (secondary N) is 1. The molecule has 6 heteroatoms. The molecule has 0 saturated carbocycles. The van der Waals surface area contributed by atoms with Gasteiger partial charge in [0.2, 0.25) is 0 Å². The standard InChI is InChI=1S/C12H15FN2O3/c1-2-3-4-10(12(17)18)15-11(16)8-5-6-14-7-9(8)13/h5-7,10H,2-4H2,1H3,(H,15,16)(H,17,18)/t10-/m0/s1. The lowest BCUT2D eigenvalue weighted by Crippen LogP contribution is -2.41. The van der Waals surface area contributed by atoms with Gasteiger partial charge >= 0.3 is 5.97 Å². The minimum absolute atomic E-state index is 0.201. The number of rotatable bonds is 6. The Labute approximate surface area is 104 Å². The Hall–Kier alpha value is -1.98. The normalized spacial score (nSPS) is 11.9. The van der Waals surface area contributed by atoms with Crippen LogP contribution in [-0.4, -0.2) is 28.0 Å². The Morgan fingerprint density at radius 3 is 2.83 bits per heavy atom. The molecular formula is C12H15FN2O3. The van der Waals surface area contributed by atoms with Gasteiger partial charge in [0, 0.05) is 6.20 Å². The Morgan fingerprint density at radius 1 is 1.56 bits per heavy atom. The highest BCUT2D eigenvalue weighted by Crippen LogP contribution is 2.07. The highest BCUT2D eigenvalue weighted by molar-refractivity contribution is 5.96. The van der Waals surface area contributed by atoms with Crippen LogP contribution >= 0.6 is 0 Å². The maximum Gasteiger partial charge on any atom is 0.326 e. The van der Waals surface area contributed by atoms with Crippen molar-refractivity contribution >= 4 is 11.9 Å². The van der Waals surface area contributed by atoms with Crippen molar-refractivity contribution in [1.82, 2.24) is 10.3 Å². The summed E-state index contributed by atoms with van der Waals surface area (Å²) in [6.45, 7) is 1.92. The van der Waals surface area contributed by atoms with Gasteiger partial charge in [0.15, 0.2) is 5.82 Å². The highest BCUT2D eigenvalue weighted by Gasteiger charge is 2.21. The van der Waals surface area contributed by atoms with E-state index in [0.717, 1.165) is 12.6 Å². The van der Waals surface area contributed by atoms with E-state index < -0.39 is 23.7 Å². The number of carboxylic acids is 1. The van der Waals surface area contributed by atoms with Gasteiger partial charge in [0.05, 0.1) is 11.8 Å². The van der Waals surface area contributed by atoms with Crippen LogP contribution in [0.1, 0.15) is 36.5 Å². The molecule has 0 saturated heterocycles. The average Bonchev–Trinajstić information content (AvgIpc) is 2.34. The van der Waals surface area contributed by atoms with Gasteiger partial charge in [-0.05, 0) is 12.5 Å². The second-order valence-corrected chi connectivity index (χ2v) is 3.86. The van der Waals surface area contributed by atoms with E-state index >= 15 is 0 Å². The van der Waals surface area contributed by atoms with Crippen LogP contribution < -0.4 is 5.32 Å². The van der Waals surface area contributed by atoms with Crippen molar-refractivity contribution in [3.8, 4) is 0 Å². The predicted octanol–water partition coefficient (Wildman–Crippen LogP) is 1.59. The number of pyridine rings is 1. The molecule has 5 nitrogen and oxygen atoms in total. The molecule has 1 rings (SSSR count). The fraction of sp³-hybridized carbons (Fsp3) is 0.417. The molecule has 1 aromatic heterocycles. The van der Waals surface area contributed by atoms with Gasteiger partial charge in [-0.15, -0.1) is 0 Å². The van der Waals surface area contributed by atoms with Gasteiger partial charge < -0.3 is 10.4 Å². The smallest absolute Gasteiger partial charge is 0.326 e. The molecule has 1 amide bonds. The number of nitrogens with zero attached hydrogens (tertiary/aromatic N) is 1. The second-order valence-electron chi connectivity index (χ2n) is 3.86. The van der Waals surface area contributed by atoms with Crippen LogP contribution in [-0.2, 0) is 4.79 Å². The first-order chi connectivity index (χ1) is 8.56. The van der Waals surface area contributed by atoms with E-state index in [4.69, 9.17) is 5.11 Å². The first-order valence-corrected chi connectivity index (χ1v) is 5.69. The molecule has 0 bridgehead atoms. The van der Waals surface area contributed by atoms with Crippen LogP contribution in [0.3, 0.4) is 0 Å². The van der Waals surface area contributed by atoms with Crippen molar-refractivity contribution in [2.45, 2.75) is 32.2 Å². The molecular weight excluding hydrogens is 239 g/mol. The Balaban J connectivity index is 2.72. The maximum atomic E-state index is 13.3. The van der Waals surface area contributed by atoms with Gasteiger partial charge in [-0.25, -0.2) is 9.18 Å². The summed E-state index contributed by atoms with van der Waals surface area (Å²) in [6.07, 6.45) is 4.01. The summed E-state index contributed by atoms with van der Waals surface area (Å²) in [5, 5.41) is 11.2. The first-order valence-electron chi connectivity index (χ1n) is 5.69. The lowest BCUT2D eigenvalue weighted by atomic mass is 10.1. The van der Waals surface area contributed by atoms with E-state index in [1.165, 1.54) is 12.3 Å². The van der Waals surface area contributed by atoms with E-state index in [2.05, 4.69) is 10.3 Å². The predicted molar refractivity (Wildman–Crippen MR) is 62.6 cm³/mol. The zero-order valence-corrected chi connectivity index (χ0v) is 10.0. The Kier molecular flexibility index (Phi) is 5.23. The number of aromatic nitrogens is 1. The minimum atomic E-state index is -1.12. The third-order valence-corrected chi connectivity index (χ3v) is 2.47. The number of hydrogen-bond donors (Lipinski definition) is 2. The fourth-order valence-corrected chi connectivity index (χ4v) is 1.46. The quantitative estimate of drug-likeness (QED) is 0.808. The van der Waals surface area contributed by atoms with Gasteiger partial charge in [-0.2, -0.15) is 0 Å². The van der Waals surface area contributed by atoms with Crippen LogP contribution in [0.25, 0.3) is 0 Å². The van der Waals surface area contributed by atoms with Crippen LogP contribution in [0.5, 0.6) is 0 Å². The summed E-state index contributed by atoms with van der Waals surface area (Å²) < 4.78 is 13.3. The largest absolute Gasteiger partial charge is 0.480 e. The van der Waals surface area contributed by atoms with Crippen molar-refractivity contribution in [2.24, 2.45) is 0 Å². The second kappa shape index (κ2) is 6.68. The third-order valence-electron chi connectivity index (χ3n) is 2.47. The molecule has 18 heavy (non-hydrogen) atoms. The molecule has 0 aliphatic carbocycles. The number of carbonyl (C=O) groups is 2. The van der Waals surface area contributed by atoms with Gasteiger partial charge in [-0.1, -0.05) is 19.8 Å². The lowest BCUT2D eigenvalue weighted by Gasteiger charge is -2.14. The van der Waals surface area contributed by atoms with Crippen molar-refractivity contribution in [1.29, 1.82) is 0 Å². The van der Waals surface area contributed by atoms with E-state index in [1.807, 2.05) is 6.92 Å². The summed E-state index contributed by atoms with van der Waals surface area (Å²) in [5.74, 6) is -2.63. The monoisotopic (exact) mass is 254 g/mol. The van der Waals surface area contributed by atoms with Crippen LogP contribution in [0.15, 0.2) is 18.5 Å². The Bertz CT molecular complexity index is 437. The molecule has 98 valence electrons. The third kappa shape index (κ3) is 3.80. The summed E-state index contributed by atoms with van der Waals surface area (Å²) in [5.41, 5.74) is -0.201. The molecule has 0 aliphatic heterocycles. The molecule has 0 spiro atoms. The SMILES string of the molecule is CCCC[C@H](NC(=O)c1ccncc1F)C(=O)O. The van der Waals surface area contributed by atoms with Crippen molar-refractivity contribution in [3.05, 3.63) is 29.8 Å². The van der Waals surface area contributed by atoms with E-state index in [9.17, 15) is 14.0 Å². The highest BCUT2D eigenvalue weighted by atomic mass is 19.1. The van der Waals surface area contributed by atoms with E-state index in [1.54, 1.807) is 0 Å². The van der Waals surface area contributed by atoms with Crippen LogP contribution in [0.4, 0.5) is 4.39 Å². The summed E-state index contributed by atoms with van der Waals surface area (Å²) in [6, 6.07) is 0.216. The van der Waals surface area contributed by atoms with Crippen LogP contribution in [0.2, 0.25) is 0 Å². The summed E-state index contributed by atoms with van der Waals surface area (Å²) >= 11 is 0. The molecule has 0 unspecified atom stereocenters. The number of amides is 1. The number of carbonyl (C=O) groups excluding carboxylic acids is 1. The van der Waals surface area contributed by atoms with E-state index in [-0.39, 0.29) is 5.56 Å². The molecule has 2 N–H and O–H groups in total. The molecule has 0 fully saturated rings. The van der Waals surface area contributed by atoms with Gasteiger partial charge in [0.25, 0.3) is 5.91 Å². The number of halogens is 1. The lowest BCUT2D eigenvalue weighted by molar-refractivity contribution is -0.139. The topological polar surface area (TPSA) is 79.3 Å². The minimum Gasteiger partial charge on any atom is -0.480 e. The molecule has 0 aliphatic rings. The molecule has 1 aromatic rings. The number of carboxylic acid groups (broad SMARTS) is 1. The summed E-state index contributed by atoms with van der Waals surface area (Å²) in [7, 11) is 0. The molecule has 0 aromatic carbocycles. The maximum absolute atomic E-state index is 13.3. The molecule has 0 radical (unpaired) electrons. The van der Waals surface area contributed by atoms with E-state index in [0.29, 0.717) is 12.8 Å². The van der Waals surface area contributed by atoms with Gasteiger partial charge in [-0.3, -0.25) is 9.78 Å². The average molecular weight is 254 g/mol. The molecule has 1 heterocycles. The zero-order chi connectivity index (χ0) is 13.5. The fourth-order valence-electron chi connectivity index (χ4n) is 1.46. The molecule has 1 atom stereocenters. The van der Waals surface area contributed by atoms with Gasteiger partial charge in [0.1, 0.15) is 6.04 Å². The number of aliphatic carboxylic acids is 1. The zero-order valence-electron chi connectivity index (χ0n) is 10.0. The first kappa shape index (κ1) is 14.1. The van der Waals surface area contributed by atoms with Crippen molar-refractivity contribution in [2.75, 3.05) is 0 Å². The number of unbranched alkanes of at least 4 members (excludes halogenated alkanes) is 1. The van der Waals surface area contributed by atoms with Crippen LogP contribution in [0, 0.1) is 5.82 Å². The number of hydrogen-bond acceptors (Lipinski definition) is 3. The Morgan fingerprint density at radius 2 is 2.28 bits per heavy atom. The van der Waals surface area contributed by atoms with Crippen molar-refractivity contribution < 1.29 is 19.1 Å². The summed E-state index contributed by atoms with van der Waals surface area (Å²) in [4.78, 5) is 26.2. The van der Waals surface area contributed by atoms with Crippen molar-refractivity contribution in [3.63, 3.8) is 0 Å².